The molecule has 19 heavy (non-hydrogen) atoms. The van der Waals surface area contributed by atoms with Crippen LogP contribution in [-0.4, -0.2) is 9.55 Å². The van der Waals surface area contributed by atoms with E-state index in [0.29, 0.717) is 5.95 Å². The molecule has 3 nitrogen and oxygen atoms in total. The summed E-state index contributed by atoms with van der Waals surface area (Å²) in [6.45, 7) is 7.17. The molecular weight excluding hydrogens is 254 g/mol. The summed E-state index contributed by atoms with van der Waals surface area (Å²) < 4.78 is 2.09. The number of hydrogen-bond acceptors (Lipinski definition) is 3. The first kappa shape index (κ1) is 12.2. The fourth-order valence-electron chi connectivity index (χ4n) is 2.35. The molecule has 2 aromatic heterocycles. The fourth-order valence-corrected chi connectivity index (χ4v) is 3.40. The van der Waals surface area contributed by atoms with Gasteiger partial charge < -0.3 is 10.3 Å². The summed E-state index contributed by atoms with van der Waals surface area (Å²) in [6, 6.07) is 8.44. The van der Waals surface area contributed by atoms with Crippen molar-refractivity contribution in [2.24, 2.45) is 0 Å². The Bertz CT molecular complexity index is 733. The number of hydrogen-bond donors (Lipinski definition) is 1. The molecular formula is C15H17N3S. The smallest absolute Gasteiger partial charge is 0.201 e. The van der Waals surface area contributed by atoms with Crippen molar-refractivity contribution in [3.8, 4) is 0 Å². The molecule has 0 unspecified atom stereocenters. The molecule has 0 aliphatic carbocycles. The predicted octanol–water partition coefficient (Wildman–Crippen LogP) is 3.65. The lowest BCUT2D eigenvalue weighted by atomic mass is 10.2. The summed E-state index contributed by atoms with van der Waals surface area (Å²) in [5.74, 6) is 0.591. The summed E-state index contributed by atoms with van der Waals surface area (Å²) in [7, 11) is 0. The standard InChI is InChI=1S/C15H17N3S/c1-9-5-4-6-13-14(9)17-15(16)18(13)8-12-7-10(2)11(3)19-12/h4-7H,8H2,1-3H3,(H2,16,17). The molecule has 0 amide bonds. The monoisotopic (exact) mass is 271 g/mol. The molecule has 0 atom stereocenters. The van der Waals surface area contributed by atoms with Gasteiger partial charge in [-0.2, -0.15) is 0 Å². The molecule has 2 heterocycles. The number of thiophene rings is 1. The zero-order valence-corrected chi connectivity index (χ0v) is 12.2. The van der Waals surface area contributed by atoms with Crippen LogP contribution in [-0.2, 0) is 6.54 Å². The molecule has 0 fully saturated rings. The summed E-state index contributed by atoms with van der Waals surface area (Å²) in [5.41, 5.74) is 10.7. The Kier molecular flexibility index (Phi) is 2.82. The van der Waals surface area contributed by atoms with Crippen molar-refractivity contribution < 1.29 is 0 Å². The van der Waals surface area contributed by atoms with Crippen LogP contribution < -0.4 is 5.73 Å². The van der Waals surface area contributed by atoms with E-state index >= 15 is 0 Å². The number of rotatable bonds is 2. The van der Waals surface area contributed by atoms with Crippen LogP contribution >= 0.6 is 11.3 Å². The number of aromatic nitrogens is 2. The number of anilines is 1. The molecule has 3 rings (SSSR count). The third kappa shape index (κ3) is 2.02. The van der Waals surface area contributed by atoms with Gasteiger partial charge in [-0.15, -0.1) is 11.3 Å². The number of fused-ring (bicyclic) bond motifs is 1. The Hall–Kier alpha value is -1.81. The molecule has 4 heteroatoms. The van der Waals surface area contributed by atoms with Crippen LogP contribution in [0.15, 0.2) is 24.3 Å². The van der Waals surface area contributed by atoms with Crippen LogP contribution in [0, 0.1) is 20.8 Å². The van der Waals surface area contributed by atoms with Crippen LogP contribution in [0.1, 0.15) is 20.9 Å². The largest absolute Gasteiger partial charge is 0.369 e. The number of nitrogens with zero attached hydrogens (tertiary/aromatic N) is 2. The van der Waals surface area contributed by atoms with Gasteiger partial charge in [0.25, 0.3) is 0 Å². The van der Waals surface area contributed by atoms with Gasteiger partial charge in [-0.05, 0) is 44.0 Å². The first-order valence-corrected chi connectivity index (χ1v) is 7.15. The van der Waals surface area contributed by atoms with E-state index in [1.807, 2.05) is 11.3 Å². The highest BCUT2D eigenvalue weighted by atomic mass is 32.1. The van der Waals surface area contributed by atoms with Crippen molar-refractivity contribution in [3.05, 3.63) is 45.1 Å². The Labute approximate surface area is 116 Å². The summed E-state index contributed by atoms with van der Waals surface area (Å²) in [4.78, 5) is 7.17. The molecule has 0 radical (unpaired) electrons. The van der Waals surface area contributed by atoms with E-state index in [0.717, 1.165) is 17.6 Å². The lowest BCUT2D eigenvalue weighted by Gasteiger charge is -2.04. The van der Waals surface area contributed by atoms with Gasteiger partial charge in [0.15, 0.2) is 0 Å². The second-order valence-corrected chi connectivity index (χ2v) is 6.29. The zero-order valence-electron chi connectivity index (χ0n) is 11.4. The van der Waals surface area contributed by atoms with Crippen molar-refractivity contribution in [2.45, 2.75) is 27.3 Å². The third-order valence-corrected chi connectivity index (χ3v) is 4.68. The summed E-state index contributed by atoms with van der Waals surface area (Å²) in [6.07, 6.45) is 0. The van der Waals surface area contributed by atoms with Crippen LogP contribution in [0.25, 0.3) is 11.0 Å². The highest BCUT2D eigenvalue weighted by Crippen LogP contribution is 2.26. The van der Waals surface area contributed by atoms with E-state index in [4.69, 9.17) is 5.73 Å². The number of imidazole rings is 1. The first-order chi connectivity index (χ1) is 9.06. The van der Waals surface area contributed by atoms with E-state index < -0.39 is 0 Å². The topological polar surface area (TPSA) is 43.8 Å². The molecule has 0 saturated heterocycles. The Morgan fingerprint density at radius 2 is 2.00 bits per heavy atom. The highest BCUT2D eigenvalue weighted by Gasteiger charge is 2.11. The molecule has 0 aliphatic heterocycles. The minimum Gasteiger partial charge on any atom is -0.369 e. The number of nitrogen functional groups attached to an aromatic ring is 1. The van der Waals surface area contributed by atoms with Crippen molar-refractivity contribution in [3.63, 3.8) is 0 Å². The maximum Gasteiger partial charge on any atom is 0.201 e. The fraction of sp³-hybridized carbons (Fsp3) is 0.267. The van der Waals surface area contributed by atoms with Crippen molar-refractivity contribution in [2.75, 3.05) is 5.73 Å². The van der Waals surface area contributed by atoms with Gasteiger partial charge in [0.2, 0.25) is 5.95 Å². The van der Waals surface area contributed by atoms with E-state index in [9.17, 15) is 0 Å². The second kappa shape index (κ2) is 4.38. The Balaban J connectivity index is 2.10. The molecule has 1 aromatic carbocycles. The molecule has 0 aliphatic rings. The van der Waals surface area contributed by atoms with E-state index in [2.05, 4.69) is 54.6 Å². The lowest BCUT2D eigenvalue weighted by Crippen LogP contribution is -2.03. The quantitative estimate of drug-likeness (QED) is 0.773. The molecule has 0 bridgehead atoms. The molecule has 0 spiro atoms. The SMILES string of the molecule is Cc1cc(Cn2c(N)nc3c(C)cccc32)sc1C. The number of para-hydroxylation sites is 1. The van der Waals surface area contributed by atoms with Gasteiger partial charge in [0.05, 0.1) is 17.6 Å². The Morgan fingerprint density at radius 3 is 2.68 bits per heavy atom. The zero-order chi connectivity index (χ0) is 13.6. The van der Waals surface area contributed by atoms with Gasteiger partial charge in [0.1, 0.15) is 0 Å². The molecule has 0 saturated carbocycles. The normalized spacial score (nSPS) is 11.3. The maximum absolute atomic E-state index is 6.07. The van der Waals surface area contributed by atoms with E-state index in [-0.39, 0.29) is 0 Å². The van der Waals surface area contributed by atoms with Crippen molar-refractivity contribution in [1.29, 1.82) is 0 Å². The van der Waals surface area contributed by atoms with Gasteiger partial charge >= 0.3 is 0 Å². The number of nitrogens with two attached hydrogens (primary N) is 1. The summed E-state index contributed by atoms with van der Waals surface area (Å²) >= 11 is 1.83. The van der Waals surface area contributed by atoms with Crippen LogP contribution in [0.3, 0.4) is 0 Å². The van der Waals surface area contributed by atoms with Crippen LogP contribution in [0.5, 0.6) is 0 Å². The Morgan fingerprint density at radius 1 is 1.21 bits per heavy atom. The second-order valence-electron chi connectivity index (χ2n) is 4.95. The third-order valence-electron chi connectivity index (χ3n) is 3.54. The average Bonchev–Trinajstić information content (AvgIpc) is 2.84. The van der Waals surface area contributed by atoms with Gasteiger partial charge in [-0.25, -0.2) is 4.98 Å². The van der Waals surface area contributed by atoms with Gasteiger partial charge in [0, 0.05) is 9.75 Å². The van der Waals surface area contributed by atoms with Crippen molar-refractivity contribution >= 4 is 28.3 Å². The van der Waals surface area contributed by atoms with Gasteiger partial charge in [-0.3, -0.25) is 0 Å². The van der Waals surface area contributed by atoms with Gasteiger partial charge in [-0.1, -0.05) is 12.1 Å². The van der Waals surface area contributed by atoms with E-state index in [1.54, 1.807) is 0 Å². The predicted molar refractivity (Wildman–Crippen MR) is 81.8 cm³/mol. The van der Waals surface area contributed by atoms with Crippen molar-refractivity contribution in [1.82, 2.24) is 9.55 Å². The number of aryl methyl sites for hydroxylation is 3. The molecule has 3 aromatic rings. The number of benzene rings is 1. The summed E-state index contributed by atoms with van der Waals surface area (Å²) in [5, 5.41) is 0. The molecule has 2 N–H and O–H groups in total. The van der Waals surface area contributed by atoms with E-state index in [1.165, 1.54) is 20.9 Å². The first-order valence-electron chi connectivity index (χ1n) is 6.33. The maximum atomic E-state index is 6.07. The highest BCUT2D eigenvalue weighted by molar-refractivity contribution is 7.12. The molecule has 98 valence electrons. The van der Waals surface area contributed by atoms with Crippen LogP contribution in [0.2, 0.25) is 0 Å². The lowest BCUT2D eigenvalue weighted by molar-refractivity contribution is 0.852. The van der Waals surface area contributed by atoms with Crippen LogP contribution in [0.4, 0.5) is 5.95 Å². The average molecular weight is 271 g/mol. The minimum atomic E-state index is 0.591. The minimum absolute atomic E-state index is 0.591.